The van der Waals surface area contributed by atoms with Crippen LogP contribution in [0.4, 0.5) is 0 Å². The Balaban J connectivity index is 1.37. The molecule has 6 nitrogen and oxygen atoms in total. The highest BCUT2D eigenvalue weighted by Crippen LogP contribution is 2.27. The first-order chi connectivity index (χ1) is 14.7. The first-order valence-corrected chi connectivity index (χ1v) is 11.1. The number of carbonyl (C=O) groups is 1. The van der Waals surface area contributed by atoms with Gasteiger partial charge >= 0.3 is 0 Å². The molecular formula is C24H29N5O. The Morgan fingerprint density at radius 1 is 1.13 bits per heavy atom. The number of aromatic amines is 1. The zero-order valence-electron chi connectivity index (χ0n) is 17.5. The third kappa shape index (κ3) is 3.97. The van der Waals surface area contributed by atoms with E-state index in [9.17, 15) is 4.79 Å². The van der Waals surface area contributed by atoms with Gasteiger partial charge in [-0.3, -0.25) is 19.8 Å². The maximum atomic E-state index is 12.7. The molecule has 1 aromatic carbocycles. The Morgan fingerprint density at radius 3 is 2.73 bits per heavy atom. The van der Waals surface area contributed by atoms with Crippen molar-refractivity contribution in [2.24, 2.45) is 5.92 Å². The first-order valence-electron chi connectivity index (χ1n) is 11.1. The van der Waals surface area contributed by atoms with Gasteiger partial charge in [0.25, 0.3) is 5.91 Å². The lowest BCUT2D eigenvalue weighted by atomic mass is 9.93. The minimum atomic E-state index is -0.0886. The number of fused-ring (bicyclic) bond motifs is 1. The Hall–Kier alpha value is -2.73. The van der Waals surface area contributed by atoms with Gasteiger partial charge in [-0.05, 0) is 80.4 Å². The maximum Gasteiger partial charge on any atom is 0.272 e. The number of hydrogen-bond acceptors (Lipinski definition) is 4. The zero-order valence-corrected chi connectivity index (χ0v) is 17.5. The number of aromatic nitrogens is 3. The van der Waals surface area contributed by atoms with Crippen LogP contribution in [0.5, 0.6) is 0 Å². The molecule has 156 valence electrons. The highest BCUT2D eigenvalue weighted by Gasteiger charge is 2.23. The normalized spacial score (nSPS) is 18.4. The van der Waals surface area contributed by atoms with Gasteiger partial charge in [-0.1, -0.05) is 13.0 Å². The molecule has 2 fully saturated rings. The molecular weight excluding hydrogens is 374 g/mol. The summed E-state index contributed by atoms with van der Waals surface area (Å²) in [5.41, 5.74) is 4.72. The van der Waals surface area contributed by atoms with Gasteiger partial charge in [0.05, 0.1) is 5.52 Å². The number of hydrogen-bond donors (Lipinski definition) is 2. The fraction of sp³-hybridized carbons (Fsp3) is 0.458. The van der Waals surface area contributed by atoms with Crippen LogP contribution in [-0.4, -0.2) is 45.1 Å². The molecule has 1 aliphatic heterocycles. The summed E-state index contributed by atoms with van der Waals surface area (Å²) in [6.45, 7) is 5.60. The van der Waals surface area contributed by atoms with E-state index in [4.69, 9.17) is 0 Å². The van der Waals surface area contributed by atoms with E-state index in [0.717, 1.165) is 60.4 Å². The summed E-state index contributed by atoms with van der Waals surface area (Å²) >= 11 is 0. The molecule has 0 radical (unpaired) electrons. The molecule has 0 bridgehead atoms. The molecule has 2 N–H and O–H groups in total. The first kappa shape index (κ1) is 19.2. The van der Waals surface area contributed by atoms with Crippen LogP contribution in [0.2, 0.25) is 0 Å². The van der Waals surface area contributed by atoms with Crippen LogP contribution in [0, 0.1) is 5.92 Å². The van der Waals surface area contributed by atoms with Crippen LogP contribution >= 0.6 is 0 Å². The minimum Gasteiger partial charge on any atom is -0.348 e. The van der Waals surface area contributed by atoms with Crippen molar-refractivity contribution in [2.45, 2.75) is 51.6 Å². The number of likely N-dealkylation sites (tertiary alicyclic amines) is 1. The third-order valence-corrected chi connectivity index (χ3v) is 6.63. The molecule has 6 heteroatoms. The SMILES string of the molecule is CC1CCN(Cc2cncc(-c3ccc4[nH]nc(C(=O)NC5CCC5)c4c3)c2)CC1. The Morgan fingerprint density at radius 2 is 1.97 bits per heavy atom. The number of piperidine rings is 1. The molecule has 0 atom stereocenters. The Bertz CT molecular complexity index is 1050. The average molecular weight is 404 g/mol. The number of H-pyrrole nitrogens is 1. The van der Waals surface area contributed by atoms with E-state index in [0.29, 0.717) is 11.7 Å². The standard InChI is InChI=1S/C24H29N5O/c1-16-7-9-29(10-8-16)15-17-11-19(14-25-13-17)18-5-6-22-21(12-18)23(28-27-22)24(30)26-20-3-2-4-20/h5-6,11-14,16,20H,2-4,7-10,15H2,1H3,(H,26,30)(H,27,28). The van der Waals surface area contributed by atoms with Gasteiger partial charge in [-0.2, -0.15) is 5.10 Å². The number of nitrogens with one attached hydrogen (secondary N) is 2. The number of amides is 1. The van der Waals surface area contributed by atoms with E-state index in [1.54, 1.807) is 0 Å². The highest BCUT2D eigenvalue weighted by molar-refractivity contribution is 6.05. The van der Waals surface area contributed by atoms with E-state index in [-0.39, 0.29) is 5.91 Å². The summed E-state index contributed by atoms with van der Waals surface area (Å²) in [6.07, 6.45) is 9.73. The van der Waals surface area contributed by atoms with Crippen LogP contribution in [0.1, 0.15) is 55.1 Å². The number of pyridine rings is 1. The predicted molar refractivity (Wildman–Crippen MR) is 118 cm³/mol. The van der Waals surface area contributed by atoms with Crippen molar-refractivity contribution in [1.82, 2.24) is 25.4 Å². The maximum absolute atomic E-state index is 12.7. The quantitative estimate of drug-likeness (QED) is 0.671. The monoisotopic (exact) mass is 403 g/mol. The lowest BCUT2D eigenvalue weighted by Gasteiger charge is -2.30. The smallest absolute Gasteiger partial charge is 0.272 e. The van der Waals surface area contributed by atoms with E-state index in [1.165, 1.54) is 24.8 Å². The van der Waals surface area contributed by atoms with Crippen LogP contribution in [0.15, 0.2) is 36.7 Å². The molecule has 0 spiro atoms. The Kier molecular flexibility index (Phi) is 5.25. The molecule has 1 saturated carbocycles. The molecule has 3 aromatic rings. The summed E-state index contributed by atoms with van der Waals surface area (Å²) in [7, 11) is 0. The highest BCUT2D eigenvalue weighted by atomic mass is 16.2. The fourth-order valence-corrected chi connectivity index (χ4v) is 4.38. The van der Waals surface area contributed by atoms with Gasteiger partial charge in [0.1, 0.15) is 0 Å². The molecule has 1 aliphatic carbocycles. The molecule has 2 aliphatic rings. The van der Waals surface area contributed by atoms with Gasteiger partial charge < -0.3 is 5.32 Å². The Labute approximate surface area is 177 Å². The van der Waals surface area contributed by atoms with Crippen molar-refractivity contribution in [3.63, 3.8) is 0 Å². The average Bonchev–Trinajstić information content (AvgIpc) is 3.16. The molecule has 2 aromatic heterocycles. The molecule has 1 saturated heterocycles. The molecule has 0 unspecified atom stereocenters. The summed E-state index contributed by atoms with van der Waals surface area (Å²) in [6, 6.07) is 8.64. The number of nitrogens with zero attached hydrogens (tertiary/aromatic N) is 3. The van der Waals surface area contributed by atoms with Crippen LogP contribution in [0.25, 0.3) is 22.0 Å². The molecule has 30 heavy (non-hydrogen) atoms. The molecule has 5 rings (SSSR count). The second-order valence-electron chi connectivity index (χ2n) is 8.97. The summed E-state index contributed by atoms with van der Waals surface area (Å²) in [5.74, 6) is 0.748. The zero-order chi connectivity index (χ0) is 20.5. The second kappa shape index (κ2) is 8.19. The van der Waals surface area contributed by atoms with Crippen molar-refractivity contribution in [3.8, 4) is 11.1 Å². The van der Waals surface area contributed by atoms with E-state index in [1.807, 2.05) is 18.5 Å². The number of rotatable bonds is 5. The van der Waals surface area contributed by atoms with E-state index >= 15 is 0 Å². The number of benzene rings is 1. The van der Waals surface area contributed by atoms with Crippen molar-refractivity contribution < 1.29 is 4.79 Å². The lowest BCUT2D eigenvalue weighted by molar-refractivity contribution is 0.0913. The summed E-state index contributed by atoms with van der Waals surface area (Å²) in [4.78, 5) is 19.7. The minimum absolute atomic E-state index is 0.0886. The van der Waals surface area contributed by atoms with Gasteiger partial charge in [-0.25, -0.2) is 0 Å². The van der Waals surface area contributed by atoms with Crippen molar-refractivity contribution in [2.75, 3.05) is 13.1 Å². The van der Waals surface area contributed by atoms with Crippen molar-refractivity contribution in [3.05, 3.63) is 47.9 Å². The largest absolute Gasteiger partial charge is 0.348 e. The predicted octanol–water partition coefficient (Wildman–Crippen LogP) is 4.14. The van der Waals surface area contributed by atoms with E-state index < -0.39 is 0 Å². The van der Waals surface area contributed by atoms with Crippen molar-refractivity contribution >= 4 is 16.8 Å². The van der Waals surface area contributed by atoms with Crippen LogP contribution in [-0.2, 0) is 6.54 Å². The van der Waals surface area contributed by atoms with Gasteiger partial charge in [0.15, 0.2) is 5.69 Å². The van der Waals surface area contributed by atoms with E-state index in [2.05, 4.69) is 50.5 Å². The van der Waals surface area contributed by atoms with Gasteiger partial charge in [0, 0.05) is 35.9 Å². The molecule has 1 amide bonds. The molecule has 3 heterocycles. The van der Waals surface area contributed by atoms with Gasteiger partial charge in [0.2, 0.25) is 0 Å². The topological polar surface area (TPSA) is 73.9 Å². The van der Waals surface area contributed by atoms with Crippen LogP contribution < -0.4 is 5.32 Å². The van der Waals surface area contributed by atoms with Crippen LogP contribution in [0.3, 0.4) is 0 Å². The fourth-order valence-electron chi connectivity index (χ4n) is 4.38. The lowest BCUT2D eigenvalue weighted by Crippen LogP contribution is -2.39. The second-order valence-corrected chi connectivity index (χ2v) is 8.97. The van der Waals surface area contributed by atoms with Crippen molar-refractivity contribution in [1.29, 1.82) is 0 Å². The van der Waals surface area contributed by atoms with Gasteiger partial charge in [-0.15, -0.1) is 0 Å². The third-order valence-electron chi connectivity index (χ3n) is 6.63. The number of carbonyl (C=O) groups excluding carboxylic acids is 1. The summed E-state index contributed by atoms with van der Waals surface area (Å²) < 4.78 is 0. The summed E-state index contributed by atoms with van der Waals surface area (Å²) in [5, 5.41) is 11.2.